The molecule has 29 heavy (non-hydrogen) atoms. The van der Waals surface area contributed by atoms with Gasteiger partial charge in [-0.1, -0.05) is 33.3 Å². The van der Waals surface area contributed by atoms with Crippen molar-refractivity contribution in [3.8, 4) is 0 Å². The fourth-order valence-electron chi connectivity index (χ4n) is 8.29. The molecule has 0 spiro atoms. The largest absolute Gasteiger partial charge is 0.370 e. The lowest BCUT2D eigenvalue weighted by Gasteiger charge is -2.59. The Morgan fingerprint density at radius 2 is 1.79 bits per heavy atom. The minimum absolute atomic E-state index is 0.140. The molecular weight excluding hydrogens is 360 g/mol. The van der Waals surface area contributed by atoms with E-state index in [2.05, 4.69) is 27.7 Å². The van der Waals surface area contributed by atoms with Crippen LogP contribution in [0.1, 0.15) is 85.5 Å². The Kier molecular flexibility index (Phi) is 5.04. The highest BCUT2D eigenvalue weighted by Gasteiger charge is 2.60. The molecule has 4 aliphatic carbocycles. The molecule has 4 rings (SSSR count). The molecule has 0 aromatic rings. The summed E-state index contributed by atoms with van der Waals surface area (Å²) in [6.07, 6.45) is 9.28. The maximum Gasteiger partial charge on any atom is 0.217 e. The number of allylic oxidation sites excluding steroid dienone is 1. The van der Waals surface area contributed by atoms with E-state index < -0.39 is 0 Å². The second-order valence-corrected chi connectivity index (χ2v) is 11.7. The van der Waals surface area contributed by atoms with Crippen molar-refractivity contribution in [2.24, 2.45) is 51.4 Å². The summed E-state index contributed by atoms with van der Waals surface area (Å²) in [5.41, 5.74) is 14.4. The molecule has 0 saturated heterocycles. The van der Waals surface area contributed by atoms with Crippen molar-refractivity contribution in [1.82, 2.24) is 0 Å². The van der Waals surface area contributed by atoms with Gasteiger partial charge in [0.1, 0.15) is 0 Å². The van der Waals surface area contributed by atoms with Crippen molar-refractivity contribution in [3.63, 3.8) is 0 Å². The lowest BCUT2D eigenvalue weighted by molar-refractivity contribution is -0.121. The normalized spacial score (nSPS) is 42.3. The van der Waals surface area contributed by atoms with Crippen LogP contribution in [0.4, 0.5) is 0 Å². The summed E-state index contributed by atoms with van der Waals surface area (Å²) < 4.78 is 0. The molecule has 162 valence electrons. The predicted octanol–water partition coefficient (Wildman–Crippen LogP) is 4.37. The van der Waals surface area contributed by atoms with Gasteiger partial charge in [-0.25, -0.2) is 0 Å². The van der Waals surface area contributed by atoms with Gasteiger partial charge in [-0.3, -0.25) is 9.59 Å². The monoisotopic (exact) mass is 400 g/mol. The molecule has 4 aliphatic rings. The highest BCUT2D eigenvalue weighted by atomic mass is 16.1. The first-order chi connectivity index (χ1) is 13.5. The summed E-state index contributed by atoms with van der Waals surface area (Å²) >= 11 is 0. The topological polar surface area (TPSA) is 86.2 Å². The molecule has 6 atom stereocenters. The second kappa shape index (κ2) is 6.93. The van der Waals surface area contributed by atoms with E-state index in [1.165, 1.54) is 31.3 Å². The minimum atomic E-state index is -0.232. The van der Waals surface area contributed by atoms with E-state index in [0.29, 0.717) is 42.9 Å². The number of fused-ring (bicyclic) bond motifs is 5. The van der Waals surface area contributed by atoms with E-state index in [4.69, 9.17) is 11.5 Å². The molecule has 4 heteroatoms. The lowest BCUT2D eigenvalue weighted by Crippen LogP contribution is -2.52. The summed E-state index contributed by atoms with van der Waals surface area (Å²) in [5.74, 6) is 2.74. The molecule has 0 radical (unpaired) electrons. The lowest BCUT2D eigenvalue weighted by atomic mass is 9.45. The van der Waals surface area contributed by atoms with Crippen LogP contribution >= 0.6 is 0 Å². The van der Waals surface area contributed by atoms with Crippen molar-refractivity contribution < 1.29 is 9.59 Å². The number of hydrogen-bond acceptors (Lipinski definition) is 3. The van der Waals surface area contributed by atoms with Gasteiger partial charge in [-0.15, -0.1) is 0 Å². The Labute approximate surface area is 176 Å². The number of amides is 1. The summed E-state index contributed by atoms with van der Waals surface area (Å²) in [5, 5.41) is 0. The Hall–Kier alpha value is -1.16. The van der Waals surface area contributed by atoms with Gasteiger partial charge < -0.3 is 11.5 Å². The number of primary amides is 1. The van der Waals surface area contributed by atoms with E-state index in [9.17, 15) is 9.59 Å². The van der Waals surface area contributed by atoms with Crippen LogP contribution in [0.25, 0.3) is 0 Å². The highest BCUT2D eigenvalue weighted by Crippen LogP contribution is 2.67. The summed E-state index contributed by atoms with van der Waals surface area (Å²) in [4.78, 5) is 24.6. The SMILES string of the molecule is CC(C)(CN)C1=C2CC[C@@H]3[C@@H](CC[C@]4(C)C(CC(N)=O)CC[C@@H]34)[C@@]2(C)CCC1=O. The Morgan fingerprint density at radius 3 is 2.45 bits per heavy atom. The molecule has 0 heterocycles. The average molecular weight is 401 g/mol. The van der Waals surface area contributed by atoms with Gasteiger partial charge in [-0.2, -0.15) is 0 Å². The van der Waals surface area contributed by atoms with Gasteiger partial charge in [0.25, 0.3) is 0 Å². The number of rotatable bonds is 4. The van der Waals surface area contributed by atoms with Crippen LogP contribution < -0.4 is 11.5 Å². The van der Waals surface area contributed by atoms with Crippen molar-refractivity contribution in [2.45, 2.75) is 85.5 Å². The number of Topliss-reactive ketones (excluding diaryl/α,β-unsaturated/α-hetero) is 1. The third-order valence-corrected chi connectivity index (χ3v) is 9.96. The maximum atomic E-state index is 13.0. The van der Waals surface area contributed by atoms with Crippen LogP contribution in [0.3, 0.4) is 0 Å². The van der Waals surface area contributed by atoms with E-state index >= 15 is 0 Å². The van der Waals surface area contributed by atoms with Crippen LogP contribution in [-0.4, -0.2) is 18.2 Å². The number of carbonyl (C=O) groups excluding carboxylic acids is 2. The molecular formula is C25H40N2O2. The quantitative estimate of drug-likeness (QED) is 0.735. The van der Waals surface area contributed by atoms with Gasteiger partial charge in [0, 0.05) is 30.4 Å². The molecule has 0 aromatic carbocycles. The molecule has 0 aromatic heterocycles. The van der Waals surface area contributed by atoms with Gasteiger partial charge >= 0.3 is 0 Å². The van der Waals surface area contributed by atoms with E-state index in [1.54, 1.807) is 0 Å². The molecule has 0 aliphatic heterocycles. The first kappa shape index (κ1) is 21.1. The molecule has 3 fully saturated rings. The average Bonchev–Trinajstić information content (AvgIpc) is 2.98. The third-order valence-electron chi connectivity index (χ3n) is 9.96. The zero-order valence-corrected chi connectivity index (χ0v) is 18.9. The Bertz CT molecular complexity index is 754. The van der Waals surface area contributed by atoms with Crippen LogP contribution in [-0.2, 0) is 9.59 Å². The Morgan fingerprint density at radius 1 is 1.07 bits per heavy atom. The van der Waals surface area contributed by atoms with Crippen LogP contribution in [0.15, 0.2) is 11.1 Å². The number of carbonyl (C=O) groups is 2. The van der Waals surface area contributed by atoms with Gasteiger partial charge in [0.15, 0.2) is 5.78 Å². The third kappa shape index (κ3) is 3.04. The van der Waals surface area contributed by atoms with Crippen LogP contribution in [0, 0.1) is 39.9 Å². The fraction of sp³-hybridized carbons (Fsp3) is 0.840. The minimum Gasteiger partial charge on any atom is -0.370 e. The van der Waals surface area contributed by atoms with Crippen molar-refractivity contribution >= 4 is 11.7 Å². The standard InChI is InChI=1S/C25H40N2O2/c1-23(2,14-26)22-19-8-6-16-17-7-5-15(13-21(27)29)24(17,3)11-9-18(16)25(19,4)12-10-20(22)28/h15-18H,5-14,26H2,1-4H3,(H2,27,29)/t15?,16-,17-,18+,24+,25+/m0/s1. The van der Waals surface area contributed by atoms with E-state index in [1.807, 2.05) is 0 Å². The molecule has 4 N–H and O–H groups in total. The number of hydrogen-bond donors (Lipinski definition) is 2. The first-order valence-electron chi connectivity index (χ1n) is 11.8. The first-order valence-corrected chi connectivity index (χ1v) is 11.8. The van der Waals surface area contributed by atoms with E-state index in [0.717, 1.165) is 30.8 Å². The van der Waals surface area contributed by atoms with Gasteiger partial charge in [0.05, 0.1) is 0 Å². The van der Waals surface area contributed by atoms with Crippen LogP contribution in [0.5, 0.6) is 0 Å². The summed E-state index contributed by atoms with van der Waals surface area (Å²) in [7, 11) is 0. The maximum absolute atomic E-state index is 13.0. The molecule has 4 nitrogen and oxygen atoms in total. The molecule has 0 bridgehead atoms. The second-order valence-electron chi connectivity index (χ2n) is 11.7. The van der Waals surface area contributed by atoms with E-state index in [-0.39, 0.29) is 22.2 Å². The van der Waals surface area contributed by atoms with Crippen molar-refractivity contribution in [2.75, 3.05) is 6.54 Å². The fourth-order valence-corrected chi connectivity index (χ4v) is 8.29. The summed E-state index contributed by atoms with van der Waals surface area (Å²) in [6.45, 7) is 9.71. The zero-order chi connectivity index (χ0) is 21.2. The number of nitrogens with two attached hydrogens (primary N) is 2. The number of ketones is 1. The van der Waals surface area contributed by atoms with Gasteiger partial charge in [0.2, 0.25) is 5.91 Å². The molecule has 1 unspecified atom stereocenters. The smallest absolute Gasteiger partial charge is 0.217 e. The van der Waals surface area contributed by atoms with Crippen molar-refractivity contribution in [3.05, 3.63) is 11.1 Å². The van der Waals surface area contributed by atoms with Crippen LogP contribution in [0.2, 0.25) is 0 Å². The zero-order valence-electron chi connectivity index (χ0n) is 18.9. The molecule has 3 saturated carbocycles. The van der Waals surface area contributed by atoms with Crippen molar-refractivity contribution in [1.29, 1.82) is 0 Å². The summed E-state index contributed by atoms with van der Waals surface area (Å²) in [6, 6.07) is 0. The predicted molar refractivity (Wildman–Crippen MR) is 116 cm³/mol. The Balaban J connectivity index is 1.69. The molecule has 1 amide bonds. The highest BCUT2D eigenvalue weighted by molar-refractivity contribution is 5.98. The van der Waals surface area contributed by atoms with Gasteiger partial charge in [-0.05, 0) is 79.4 Å².